The number of methoxy groups -OCH3 is 4. The molecule has 2 atom stereocenters. The van der Waals surface area contributed by atoms with Crippen LogP contribution in [0, 0.1) is 0 Å². The first-order chi connectivity index (χ1) is 7.71. The molecule has 0 aliphatic rings. The molecule has 0 heterocycles. The minimum Gasteiger partial charge on any atom is -0.381 e. The average molecular weight is 234 g/mol. The number of rotatable bonds is 10. The van der Waals surface area contributed by atoms with E-state index in [2.05, 4.69) is 6.92 Å². The summed E-state index contributed by atoms with van der Waals surface area (Å²) in [7, 11) is 6.74. The molecule has 0 amide bonds. The Balaban J connectivity index is 4.05. The third-order valence-corrected chi connectivity index (χ3v) is 2.78. The van der Waals surface area contributed by atoms with E-state index in [4.69, 9.17) is 18.9 Å². The third-order valence-electron chi connectivity index (χ3n) is 2.78. The van der Waals surface area contributed by atoms with Gasteiger partial charge in [-0.2, -0.15) is 0 Å². The van der Waals surface area contributed by atoms with Crippen molar-refractivity contribution in [1.82, 2.24) is 0 Å². The summed E-state index contributed by atoms with van der Waals surface area (Å²) in [6.45, 7) is 2.15. The maximum absolute atomic E-state index is 5.42. The summed E-state index contributed by atoms with van der Waals surface area (Å²) in [5.41, 5.74) is 0. The summed E-state index contributed by atoms with van der Waals surface area (Å²) in [5, 5.41) is 0. The van der Waals surface area contributed by atoms with Gasteiger partial charge < -0.3 is 18.9 Å². The first-order valence-electron chi connectivity index (χ1n) is 5.82. The van der Waals surface area contributed by atoms with Gasteiger partial charge in [-0.25, -0.2) is 0 Å². The molecule has 0 aromatic rings. The fourth-order valence-electron chi connectivity index (χ4n) is 1.74. The topological polar surface area (TPSA) is 36.9 Å². The zero-order valence-corrected chi connectivity index (χ0v) is 11.2. The summed E-state index contributed by atoms with van der Waals surface area (Å²) in [5.74, 6) is 0. The molecular weight excluding hydrogens is 208 g/mol. The van der Waals surface area contributed by atoms with Crippen molar-refractivity contribution in [3.63, 3.8) is 0 Å². The fourth-order valence-corrected chi connectivity index (χ4v) is 1.74. The lowest BCUT2D eigenvalue weighted by Gasteiger charge is -2.24. The Labute approximate surface area is 99.2 Å². The first kappa shape index (κ1) is 15.8. The Morgan fingerprint density at radius 2 is 1.31 bits per heavy atom. The van der Waals surface area contributed by atoms with Crippen LogP contribution < -0.4 is 0 Å². The third kappa shape index (κ3) is 6.43. The summed E-state index contributed by atoms with van der Waals surface area (Å²) in [6, 6.07) is 0. The van der Waals surface area contributed by atoms with E-state index in [0.29, 0.717) is 0 Å². The molecule has 0 saturated carbocycles. The highest BCUT2D eigenvalue weighted by molar-refractivity contribution is 4.67. The van der Waals surface area contributed by atoms with E-state index in [0.717, 1.165) is 25.7 Å². The predicted octanol–water partition coefficient (Wildman–Crippen LogP) is 2.22. The van der Waals surface area contributed by atoms with Gasteiger partial charge in [-0.15, -0.1) is 0 Å². The van der Waals surface area contributed by atoms with Crippen LogP contribution in [0.15, 0.2) is 0 Å². The van der Waals surface area contributed by atoms with E-state index >= 15 is 0 Å². The van der Waals surface area contributed by atoms with E-state index in [1.54, 1.807) is 28.4 Å². The second kappa shape index (κ2) is 10.0. The second-order valence-electron chi connectivity index (χ2n) is 3.88. The summed E-state index contributed by atoms with van der Waals surface area (Å²) in [6.07, 6.45) is 3.94. The van der Waals surface area contributed by atoms with Crippen molar-refractivity contribution in [3.8, 4) is 0 Å². The van der Waals surface area contributed by atoms with Crippen molar-refractivity contribution >= 4 is 0 Å². The van der Waals surface area contributed by atoms with Gasteiger partial charge in [-0.3, -0.25) is 0 Å². The molecule has 0 radical (unpaired) electrons. The zero-order chi connectivity index (χ0) is 12.4. The van der Waals surface area contributed by atoms with Crippen LogP contribution in [0.1, 0.15) is 32.6 Å². The van der Waals surface area contributed by atoms with Crippen LogP contribution in [0.25, 0.3) is 0 Å². The van der Waals surface area contributed by atoms with Gasteiger partial charge in [0.2, 0.25) is 0 Å². The highest BCUT2D eigenvalue weighted by atomic mass is 16.7. The van der Waals surface area contributed by atoms with Crippen molar-refractivity contribution < 1.29 is 18.9 Å². The number of hydrogen-bond donors (Lipinski definition) is 0. The molecule has 0 aromatic heterocycles. The van der Waals surface area contributed by atoms with Gasteiger partial charge in [0.15, 0.2) is 6.29 Å². The first-order valence-corrected chi connectivity index (χ1v) is 5.82. The molecule has 0 aliphatic carbocycles. The van der Waals surface area contributed by atoms with Gasteiger partial charge in [-0.05, 0) is 12.8 Å². The Kier molecular flexibility index (Phi) is 9.92. The molecule has 4 nitrogen and oxygen atoms in total. The normalized spacial score (nSPS) is 15.4. The van der Waals surface area contributed by atoms with Crippen LogP contribution in [-0.4, -0.2) is 46.9 Å². The van der Waals surface area contributed by atoms with Gasteiger partial charge >= 0.3 is 0 Å². The van der Waals surface area contributed by atoms with Crippen LogP contribution >= 0.6 is 0 Å². The molecule has 0 bridgehead atoms. The molecule has 0 N–H and O–H groups in total. The van der Waals surface area contributed by atoms with Crippen molar-refractivity contribution in [1.29, 1.82) is 0 Å². The van der Waals surface area contributed by atoms with E-state index in [1.165, 1.54) is 0 Å². The average Bonchev–Trinajstić information content (AvgIpc) is 2.33. The lowest BCUT2D eigenvalue weighted by atomic mass is 10.0. The maximum Gasteiger partial charge on any atom is 0.159 e. The minimum atomic E-state index is -0.205. The Morgan fingerprint density at radius 3 is 1.69 bits per heavy atom. The molecule has 2 unspecified atom stereocenters. The second-order valence-corrected chi connectivity index (χ2v) is 3.88. The summed E-state index contributed by atoms with van der Waals surface area (Å²) < 4.78 is 21.2. The smallest absolute Gasteiger partial charge is 0.159 e. The van der Waals surface area contributed by atoms with Crippen molar-refractivity contribution in [2.45, 2.75) is 51.1 Å². The highest BCUT2D eigenvalue weighted by Crippen LogP contribution is 2.16. The van der Waals surface area contributed by atoms with E-state index in [-0.39, 0.29) is 18.5 Å². The van der Waals surface area contributed by atoms with Gasteiger partial charge in [0, 0.05) is 34.9 Å². The van der Waals surface area contributed by atoms with E-state index in [1.807, 2.05) is 0 Å². The van der Waals surface area contributed by atoms with Gasteiger partial charge in [0.05, 0.1) is 12.2 Å². The summed E-state index contributed by atoms with van der Waals surface area (Å²) >= 11 is 0. The lowest BCUT2D eigenvalue weighted by Crippen LogP contribution is -2.27. The molecule has 98 valence electrons. The Hall–Kier alpha value is -0.160. The van der Waals surface area contributed by atoms with Gasteiger partial charge in [-0.1, -0.05) is 13.3 Å². The molecule has 4 heteroatoms. The van der Waals surface area contributed by atoms with Crippen molar-refractivity contribution in [2.75, 3.05) is 28.4 Å². The highest BCUT2D eigenvalue weighted by Gasteiger charge is 2.19. The molecule has 0 fully saturated rings. The lowest BCUT2D eigenvalue weighted by molar-refractivity contribution is -0.130. The van der Waals surface area contributed by atoms with Crippen LogP contribution in [0.3, 0.4) is 0 Å². The molecule has 0 spiro atoms. The zero-order valence-electron chi connectivity index (χ0n) is 11.2. The van der Waals surface area contributed by atoms with Crippen molar-refractivity contribution in [3.05, 3.63) is 0 Å². The maximum atomic E-state index is 5.42. The SMILES string of the molecule is CCCC(CC(CC(OC)OC)OC)OC. The molecular formula is C12H26O4. The Bertz CT molecular complexity index is 148. The van der Waals surface area contributed by atoms with Crippen LogP contribution in [0.5, 0.6) is 0 Å². The summed E-state index contributed by atoms with van der Waals surface area (Å²) in [4.78, 5) is 0. The van der Waals surface area contributed by atoms with E-state index in [9.17, 15) is 0 Å². The fraction of sp³-hybridized carbons (Fsp3) is 1.00. The molecule has 0 aromatic carbocycles. The molecule has 16 heavy (non-hydrogen) atoms. The van der Waals surface area contributed by atoms with Crippen LogP contribution in [-0.2, 0) is 18.9 Å². The van der Waals surface area contributed by atoms with Crippen LogP contribution in [0.2, 0.25) is 0 Å². The van der Waals surface area contributed by atoms with E-state index < -0.39 is 0 Å². The molecule has 0 rings (SSSR count). The minimum absolute atomic E-state index is 0.112. The number of ether oxygens (including phenoxy) is 4. The molecule has 0 saturated heterocycles. The predicted molar refractivity (Wildman–Crippen MR) is 63.5 cm³/mol. The van der Waals surface area contributed by atoms with Gasteiger partial charge in [0.1, 0.15) is 0 Å². The largest absolute Gasteiger partial charge is 0.381 e. The van der Waals surface area contributed by atoms with Crippen molar-refractivity contribution in [2.24, 2.45) is 0 Å². The monoisotopic (exact) mass is 234 g/mol. The van der Waals surface area contributed by atoms with Gasteiger partial charge in [0.25, 0.3) is 0 Å². The Morgan fingerprint density at radius 1 is 0.750 bits per heavy atom. The number of hydrogen-bond acceptors (Lipinski definition) is 4. The standard InChI is InChI=1S/C12H26O4/c1-6-7-10(13-2)8-11(14-3)9-12(15-4)16-5/h10-12H,6-9H2,1-5H3. The quantitative estimate of drug-likeness (QED) is 0.543. The molecule has 0 aliphatic heterocycles. The van der Waals surface area contributed by atoms with Crippen LogP contribution in [0.4, 0.5) is 0 Å².